The molecular weight excluding hydrogens is 360 g/mol. The van der Waals surface area contributed by atoms with E-state index >= 15 is 0 Å². The smallest absolute Gasteiger partial charge is 0.251 e. The Labute approximate surface area is 173 Å². The van der Waals surface area contributed by atoms with Crippen molar-refractivity contribution in [2.75, 3.05) is 6.54 Å². The fourth-order valence-electron chi connectivity index (χ4n) is 3.26. The second kappa shape index (κ2) is 10.0. The molecule has 1 aromatic heterocycles. The predicted octanol–water partition coefficient (Wildman–Crippen LogP) is 4.43. The largest absolute Gasteiger partial charge is 0.352 e. The Hall–Kier alpha value is -2.92. The quantitative estimate of drug-likeness (QED) is 0.568. The molecule has 3 rings (SSSR count). The van der Waals surface area contributed by atoms with Crippen LogP contribution in [-0.4, -0.2) is 22.2 Å². The fourth-order valence-corrected chi connectivity index (χ4v) is 3.26. The number of amides is 1. The van der Waals surface area contributed by atoms with Crippen molar-refractivity contribution in [3.63, 3.8) is 0 Å². The molecule has 0 aliphatic heterocycles. The lowest BCUT2D eigenvalue weighted by Crippen LogP contribution is -2.24. The molecule has 0 saturated heterocycles. The summed E-state index contributed by atoms with van der Waals surface area (Å²) in [6, 6.07) is 18.0. The van der Waals surface area contributed by atoms with Gasteiger partial charge < -0.3 is 10.6 Å². The average Bonchev–Trinajstić information content (AvgIpc) is 3.17. The Bertz CT molecular complexity index is 931. The van der Waals surface area contributed by atoms with Gasteiger partial charge in [-0.1, -0.05) is 51.1 Å². The molecule has 0 radical (unpaired) electrons. The molecule has 0 atom stereocenters. The van der Waals surface area contributed by atoms with Crippen LogP contribution in [0.15, 0.2) is 60.8 Å². The van der Waals surface area contributed by atoms with Crippen molar-refractivity contribution in [2.24, 2.45) is 0 Å². The molecule has 0 fully saturated rings. The van der Waals surface area contributed by atoms with Gasteiger partial charge in [0.05, 0.1) is 11.4 Å². The zero-order chi connectivity index (χ0) is 20.6. The van der Waals surface area contributed by atoms with E-state index < -0.39 is 0 Å². The summed E-state index contributed by atoms with van der Waals surface area (Å²) in [7, 11) is 0. The van der Waals surface area contributed by atoms with E-state index in [1.54, 1.807) is 0 Å². The highest BCUT2D eigenvalue weighted by atomic mass is 16.1. The number of carbonyl (C=O) groups is 1. The lowest BCUT2D eigenvalue weighted by molar-refractivity contribution is 0.0953. The Morgan fingerprint density at radius 3 is 2.59 bits per heavy atom. The van der Waals surface area contributed by atoms with Crippen LogP contribution in [-0.2, 0) is 13.1 Å². The van der Waals surface area contributed by atoms with E-state index in [1.807, 2.05) is 54.1 Å². The van der Waals surface area contributed by atoms with Gasteiger partial charge in [-0.2, -0.15) is 5.10 Å². The molecular formula is C24H30N4O. The normalized spacial score (nSPS) is 11.0. The van der Waals surface area contributed by atoms with E-state index in [4.69, 9.17) is 5.10 Å². The van der Waals surface area contributed by atoms with Gasteiger partial charge in [0.25, 0.3) is 5.91 Å². The first-order valence-corrected chi connectivity index (χ1v) is 10.3. The number of para-hydroxylation sites is 1. The Morgan fingerprint density at radius 1 is 1.07 bits per heavy atom. The SMILES string of the molecule is CCCNC(=O)c1cccc(CNCc2cn(-c3ccccc3)nc2C(C)C)c1. The molecule has 3 aromatic rings. The molecule has 1 amide bonds. The fraction of sp³-hybridized carbons (Fsp3) is 0.333. The molecule has 29 heavy (non-hydrogen) atoms. The van der Waals surface area contributed by atoms with E-state index in [2.05, 4.69) is 42.8 Å². The highest BCUT2D eigenvalue weighted by molar-refractivity contribution is 5.94. The van der Waals surface area contributed by atoms with Crippen LogP contribution in [0.4, 0.5) is 0 Å². The van der Waals surface area contributed by atoms with Crippen molar-refractivity contribution in [1.82, 2.24) is 20.4 Å². The first kappa shape index (κ1) is 20.8. The third-order valence-corrected chi connectivity index (χ3v) is 4.76. The van der Waals surface area contributed by atoms with E-state index in [-0.39, 0.29) is 5.91 Å². The van der Waals surface area contributed by atoms with E-state index in [1.165, 1.54) is 5.56 Å². The molecule has 0 unspecified atom stereocenters. The summed E-state index contributed by atoms with van der Waals surface area (Å²) in [6.07, 6.45) is 3.04. The van der Waals surface area contributed by atoms with Crippen molar-refractivity contribution in [2.45, 2.75) is 46.2 Å². The highest BCUT2D eigenvalue weighted by Gasteiger charge is 2.13. The van der Waals surface area contributed by atoms with Crippen molar-refractivity contribution in [3.8, 4) is 5.69 Å². The third kappa shape index (κ3) is 5.55. The molecule has 0 aliphatic carbocycles. The van der Waals surface area contributed by atoms with Gasteiger partial charge in [-0.25, -0.2) is 4.68 Å². The Kier molecular flexibility index (Phi) is 7.19. The number of carbonyl (C=O) groups excluding carboxylic acids is 1. The van der Waals surface area contributed by atoms with Gasteiger partial charge >= 0.3 is 0 Å². The number of nitrogens with one attached hydrogen (secondary N) is 2. The Morgan fingerprint density at radius 2 is 1.86 bits per heavy atom. The minimum absolute atomic E-state index is 0.0140. The van der Waals surface area contributed by atoms with E-state index in [0.29, 0.717) is 24.6 Å². The summed E-state index contributed by atoms with van der Waals surface area (Å²) < 4.78 is 1.95. The summed E-state index contributed by atoms with van der Waals surface area (Å²) in [4.78, 5) is 12.2. The predicted molar refractivity (Wildman–Crippen MR) is 117 cm³/mol. The number of aromatic nitrogens is 2. The number of rotatable bonds is 9. The zero-order valence-electron chi connectivity index (χ0n) is 17.5. The van der Waals surface area contributed by atoms with Crippen LogP contribution < -0.4 is 10.6 Å². The number of nitrogens with zero attached hydrogens (tertiary/aromatic N) is 2. The van der Waals surface area contributed by atoms with Crippen LogP contribution in [0.3, 0.4) is 0 Å². The van der Waals surface area contributed by atoms with Crippen LogP contribution >= 0.6 is 0 Å². The molecule has 5 nitrogen and oxygen atoms in total. The maximum absolute atomic E-state index is 12.2. The number of benzene rings is 2. The van der Waals surface area contributed by atoms with Gasteiger partial charge in [0, 0.05) is 37.0 Å². The third-order valence-electron chi connectivity index (χ3n) is 4.76. The molecule has 2 N–H and O–H groups in total. The molecule has 1 heterocycles. The van der Waals surface area contributed by atoms with Crippen LogP contribution in [0, 0.1) is 0 Å². The summed E-state index contributed by atoms with van der Waals surface area (Å²) in [5.74, 6) is 0.335. The second-order valence-electron chi connectivity index (χ2n) is 7.53. The number of hydrogen-bond acceptors (Lipinski definition) is 3. The summed E-state index contributed by atoms with van der Waals surface area (Å²) in [5, 5.41) is 11.2. The first-order chi connectivity index (χ1) is 14.1. The standard InChI is InChI=1S/C24H30N4O/c1-4-13-26-24(29)20-10-8-9-19(14-20)15-25-16-21-17-28(27-23(21)18(2)3)22-11-6-5-7-12-22/h5-12,14,17-18,25H,4,13,15-16H2,1-3H3,(H,26,29). The highest BCUT2D eigenvalue weighted by Crippen LogP contribution is 2.20. The topological polar surface area (TPSA) is 59.0 Å². The van der Waals surface area contributed by atoms with Gasteiger partial charge in [0.2, 0.25) is 0 Å². The lowest BCUT2D eigenvalue weighted by Gasteiger charge is -2.09. The maximum atomic E-state index is 12.2. The van der Waals surface area contributed by atoms with Gasteiger partial charge in [-0.05, 0) is 42.2 Å². The Balaban J connectivity index is 1.66. The van der Waals surface area contributed by atoms with Crippen LogP contribution in [0.2, 0.25) is 0 Å². The molecule has 0 aliphatic rings. The summed E-state index contributed by atoms with van der Waals surface area (Å²) in [5.41, 5.74) is 5.16. The summed E-state index contributed by atoms with van der Waals surface area (Å²) >= 11 is 0. The maximum Gasteiger partial charge on any atom is 0.251 e. The van der Waals surface area contributed by atoms with Crippen LogP contribution in [0.1, 0.15) is 60.3 Å². The molecule has 0 bridgehead atoms. The van der Waals surface area contributed by atoms with Gasteiger partial charge in [-0.3, -0.25) is 4.79 Å². The van der Waals surface area contributed by atoms with Gasteiger partial charge in [0.1, 0.15) is 0 Å². The minimum atomic E-state index is -0.0140. The lowest BCUT2D eigenvalue weighted by atomic mass is 10.1. The minimum Gasteiger partial charge on any atom is -0.352 e. The van der Waals surface area contributed by atoms with Crippen LogP contribution in [0.5, 0.6) is 0 Å². The zero-order valence-corrected chi connectivity index (χ0v) is 17.5. The molecule has 0 saturated carbocycles. The molecule has 0 spiro atoms. The van der Waals surface area contributed by atoms with E-state index in [9.17, 15) is 4.79 Å². The summed E-state index contributed by atoms with van der Waals surface area (Å²) in [6.45, 7) is 8.51. The van der Waals surface area contributed by atoms with Gasteiger partial charge in [-0.15, -0.1) is 0 Å². The van der Waals surface area contributed by atoms with Crippen molar-refractivity contribution < 1.29 is 4.79 Å². The average molecular weight is 391 g/mol. The van der Waals surface area contributed by atoms with Crippen molar-refractivity contribution in [3.05, 3.63) is 83.2 Å². The monoisotopic (exact) mass is 390 g/mol. The molecule has 5 heteroatoms. The van der Waals surface area contributed by atoms with Gasteiger partial charge in [0.15, 0.2) is 0 Å². The molecule has 2 aromatic carbocycles. The van der Waals surface area contributed by atoms with E-state index in [0.717, 1.165) is 29.9 Å². The second-order valence-corrected chi connectivity index (χ2v) is 7.53. The number of hydrogen-bond donors (Lipinski definition) is 2. The van der Waals surface area contributed by atoms with Crippen molar-refractivity contribution >= 4 is 5.91 Å². The first-order valence-electron chi connectivity index (χ1n) is 10.3. The van der Waals surface area contributed by atoms with Crippen molar-refractivity contribution in [1.29, 1.82) is 0 Å². The van der Waals surface area contributed by atoms with Crippen LogP contribution in [0.25, 0.3) is 5.69 Å². The molecule has 152 valence electrons.